The molecule has 0 bridgehead atoms. The van der Waals surface area contributed by atoms with Crippen LogP contribution in [0.4, 0.5) is 0 Å². The van der Waals surface area contributed by atoms with Crippen molar-refractivity contribution in [1.82, 2.24) is 21.1 Å². The summed E-state index contributed by atoms with van der Waals surface area (Å²) in [5.41, 5.74) is 10.6. The van der Waals surface area contributed by atoms with Crippen LogP contribution in [-0.2, 0) is 76.6 Å². The van der Waals surface area contributed by atoms with E-state index < -0.39 is 204 Å². The lowest BCUT2D eigenvalue weighted by molar-refractivity contribution is -0.206. The molecule has 17 N–H and O–H groups in total. The van der Waals surface area contributed by atoms with Crippen molar-refractivity contribution in [2.24, 2.45) is 40.3 Å². The highest BCUT2D eigenvalue weighted by molar-refractivity contribution is 8.01. The van der Waals surface area contributed by atoms with Crippen LogP contribution >= 0.6 is 11.8 Å². The molecule has 0 aromatic carbocycles. The van der Waals surface area contributed by atoms with Crippen molar-refractivity contribution in [3.8, 4) is 0 Å². The summed E-state index contributed by atoms with van der Waals surface area (Å²) in [6.45, 7) is 1.50. The van der Waals surface area contributed by atoms with Crippen molar-refractivity contribution in [3.63, 3.8) is 0 Å². The molecule has 1 aliphatic carbocycles. The molecule has 30 nitrogen and oxygen atoms in total. The zero-order chi connectivity index (χ0) is 70.9. The van der Waals surface area contributed by atoms with Crippen molar-refractivity contribution < 1.29 is 107 Å². The number of aliphatic carboxylic acids is 6. The Morgan fingerprint density at radius 2 is 1.12 bits per heavy atom. The van der Waals surface area contributed by atoms with Crippen molar-refractivity contribution in [3.05, 3.63) is 0 Å². The predicted molar refractivity (Wildman–Crippen MR) is 344 cm³/mol. The molecule has 2 aliphatic heterocycles. The van der Waals surface area contributed by atoms with Crippen LogP contribution in [0.2, 0.25) is 0 Å². The van der Waals surface area contributed by atoms with Gasteiger partial charge >= 0.3 is 53.7 Å². The lowest BCUT2D eigenvalue weighted by Crippen LogP contribution is -2.89. The standard InChI is InChI=1S/C64H106N8O22S/c1-3-5-7-9-11-13-15-17-19-21-23-25-27-29-51(81)92-46-37-41-35-36-95-63(55(84)44(66)31-33-45(73)42(38-48(75)76)62(67,59(89)90)69-39-49(77)78,61(41,58(87)88)56(46)93-52(82)30-28-26-24-22-20-18-16-14-12-10-8-6-4-2)64(60(91)94-68,70-40-50(79)80)72-47(74)34-32-43(65)54(83)53(71-72)57(85)86/h41-44,46,53,56,69-71H,3-40,65-68H2,1-2H3,(H,75,76)(H,77,78)(H,79,80)(H,85,86)(H,87,88)(H,89,90)/t41-,42-,43+,44+,46+,53+,56-,61+,62+,63+,64+/m0/s1. The average Bonchev–Trinajstić information content (AvgIpc) is 1.64. The number of ether oxygens (including phenoxy) is 2. The number of rotatable bonds is 51. The summed E-state index contributed by atoms with van der Waals surface area (Å²) < 4.78 is 8.75. The third-order valence-electron chi connectivity index (χ3n) is 18.6. The molecule has 95 heavy (non-hydrogen) atoms. The first-order valence-corrected chi connectivity index (χ1v) is 34.9. The first-order valence-electron chi connectivity index (χ1n) is 33.9. The van der Waals surface area contributed by atoms with Gasteiger partial charge in [0.25, 0.3) is 0 Å². The van der Waals surface area contributed by atoms with Gasteiger partial charge in [-0.15, -0.1) is 11.8 Å². The van der Waals surface area contributed by atoms with E-state index in [1.165, 1.54) is 51.4 Å². The molecule has 3 fully saturated rings. The molecule has 2 saturated heterocycles. The minimum atomic E-state index is -3.93. The second-order valence-corrected chi connectivity index (χ2v) is 26.7. The highest BCUT2D eigenvalue weighted by Crippen LogP contribution is 2.67. The molecule has 0 aromatic rings. The topological polar surface area (TPSA) is 514 Å². The maximum atomic E-state index is 16.7. The van der Waals surface area contributed by atoms with Gasteiger partial charge in [0.2, 0.25) is 11.6 Å². The minimum absolute atomic E-state index is 0.00331. The van der Waals surface area contributed by atoms with Gasteiger partial charge in [0.1, 0.15) is 22.0 Å². The number of hydrazine groups is 1. The smallest absolute Gasteiger partial charge is 0.369 e. The highest BCUT2D eigenvalue weighted by atomic mass is 32.2. The van der Waals surface area contributed by atoms with E-state index >= 15 is 19.2 Å². The van der Waals surface area contributed by atoms with Crippen LogP contribution in [0.3, 0.4) is 0 Å². The Bertz CT molecular complexity index is 2600. The molecule has 31 heteroatoms. The Kier molecular flexibility index (Phi) is 36.5. The monoisotopic (exact) mass is 1370 g/mol. The number of nitrogens with zero attached hydrogens (tertiary/aromatic N) is 1. The molecular formula is C64H106N8O22S. The van der Waals surface area contributed by atoms with E-state index in [9.17, 15) is 73.8 Å². The molecule has 1 amide bonds. The van der Waals surface area contributed by atoms with E-state index in [1.54, 1.807) is 0 Å². The van der Waals surface area contributed by atoms with Gasteiger partial charge in [-0.1, -0.05) is 168 Å². The highest BCUT2D eigenvalue weighted by Gasteiger charge is 2.85. The fourth-order valence-corrected chi connectivity index (χ4v) is 15.6. The summed E-state index contributed by atoms with van der Waals surface area (Å²) in [6, 6.07) is -6.83. The van der Waals surface area contributed by atoms with Gasteiger partial charge in [0, 0.05) is 25.7 Å². The number of hydrogen-bond donors (Lipinski definition) is 13. The van der Waals surface area contributed by atoms with Crippen LogP contribution in [-0.4, -0.2) is 178 Å². The first kappa shape index (κ1) is 83.0. The van der Waals surface area contributed by atoms with Crippen LogP contribution in [0.5, 0.6) is 0 Å². The van der Waals surface area contributed by atoms with Crippen molar-refractivity contribution >= 4 is 88.7 Å². The largest absolute Gasteiger partial charge is 0.481 e. The van der Waals surface area contributed by atoms with Crippen LogP contribution in [0.25, 0.3) is 0 Å². The number of fused-ring (bicyclic) bond motifs is 1. The van der Waals surface area contributed by atoms with Crippen LogP contribution in [0.1, 0.15) is 239 Å². The molecule has 0 unspecified atom stereocenters. The molecular weight excluding hydrogens is 1260 g/mol. The molecule has 11 atom stereocenters. The maximum Gasteiger partial charge on any atom is 0.369 e. The van der Waals surface area contributed by atoms with Gasteiger partial charge < -0.3 is 62.2 Å². The van der Waals surface area contributed by atoms with Gasteiger partial charge in [-0.2, -0.15) is 5.90 Å². The summed E-state index contributed by atoms with van der Waals surface area (Å²) in [6.07, 6.45) is 13.7. The number of Topliss-reactive ketones (excluding diaryl/α,β-unsaturated/α-hetero) is 3. The van der Waals surface area contributed by atoms with Gasteiger partial charge in [0.15, 0.2) is 29.4 Å². The van der Waals surface area contributed by atoms with Crippen LogP contribution in [0.15, 0.2) is 0 Å². The van der Waals surface area contributed by atoms with E-state index in [-0.39, 0.29) is 42.5 Å². The number of nitrogens with one attached hydrogen (secondary N) is 3. The molecule has 540 valence electrons. The third-order valence-corrected chi connectivity index (χ3v) is 20.3. The summed E-state index contributed by atoms with van der Waals surface area (Å²) >= 11 is 0.188. The summed E-state index contributed by atoms with van der Waals surface area (Å²) in [4.78, 5) is 187. The Balaban J connectivity index is 2.37. The van der Waals surface area contributed by atoms with Gasteiger partial charge in [-0.05, 0) is 50.2 Å². The fourth-order valence-electron chi connectivity index (χ4n) is 13.6. The van der Waals surface area contributed by atoms with Crippen LogP contribution < -0.4 is 39.2 Å². The number of amides is 1. The number of thioether (sulfide) groups is 1. The van der Waals surface area contributed by atoms with Crippen molar-refractivity contribution in [2.45, 2.75) is 285 Å². The fraction of sp³-hybridized carbons (Fsp3) is 0.797. The molecule has 0 radical (unpaired) electrons. The number of unbranched alkanes of at least 4 members (excludes halogenated alkanes) is 24. The number of carboxylic acids is 6. The molecule has 0 spiro atoms. The van der Waals surface area contributed by atoms with Gasteiger partial charge in [-0.25, -0.2) is 24.8 Å². The van der Waals surface area contributed by atoms with Gasteiger partial charge in [-0.3, -0.25) is 58.6 Å². The molecule has 2 heterocycles. The Labute approximate surface area is 559 Å². The predicted octanol–water partition coefficient (Wildman–Crippen LogP) is 4.75. The molecule has 1 saturated carbocycles. The first-order chi connectivity index (χ1) is 45.1. The normalized spacial score (nSPS) is 23.1. The average molecular weight is 1370 g/mol. The number of ketones is 3. The van der Waals surface area contributed by atoms with E-state index in [0.29, 0.717) is 19.3 Å². The van der Waals surface area contributed by atoms with E-state index in [4.69, 9.17) is 37.4 Å². The van der Waals surface area contributed by atoms with E-state index in [0.717, 1.165) is 83.5 Å². The second kappa shape index (κ2) is 41.8. The zero-order valence-electron chi connectivity index (χ0n) is 55.3. The zero-order valence-corrected chi connectivity index (χ0v) is 56.1. The lowest BCUT2D eigenvalue weighted by atomic mass is 9.57. The van der Waals surface area contributed by atoms with Crippen molar-refractivity contribution in [2.75, 3.05) is 18.8 Å². The minimum Gasteiger partial charge on any atom is -0.481 e. The third kappa shape index (κ3) is 22.7. The number of nitrogens with two attached hydrogens (primary N) is 4. The molecule has 3 rings (SSSR count). The Morgan fingerprint density at radius 3 is 1.55 bits per heavy atom. The van der Waals surface area contributed by atoms with E-state index in [2.05, 4.69) is 24.6 Å². The van der Waals surface area contributed by atoms with Crippen LogP contribution in [0, 0.1) is 17.3 Å². The quantitative estimate of drug-likeness (QED) is 0.0128. The molecule has 0 aromatic heterocycles. The van der Waals surface area contributed by atoms with E-state index in [1.807, 2.05) is 5.32 Å². The summed E-state index contributed by atoms with van der Waals surface area (Å²) in [5, 5.41) is 67.3. The Morgan fingerprint density at radius 1 is 0.653 bits per heavy atom. The Hall–Kier alpha value is -6.22. The maximum absolute atomic E-state index is 16.7. The number of hydrogen-bond acceptors (Lipinski definition) is 24. The van der Waals surface area contributed by atoms with Gasteiger partial charge in [0.05, 0.1) is 37.5 Å². The lowest BCUT2D eigenvalue weighted by Gasteiger charge is -2.61. The number of carbonyl (C=O) groups excluding carboxylic acids is 7. The summed E-state index contributed by atoms with van der Waals surface area (Å²) in [7, 11) is 0. The SMILES string of the molecule is CCCCCCCCCCCCCCCC(=O)O[C@@H]1C[C@@H]2CCS[C@@](C(=O)[C@H](N)CCC(=O)[C@H](CC(=O)O)[C@@](N)(NCC(=O)O)C(=O)O)([C@@](NCC(=O)O)(C(=O)ON)N3N[C@@H](C(=O)O)C(=O)[C@H](N)CCC3=O)[C@@]2(C(=O)O)[C@H]1OC(=O)CCCCCCCCCCCCCCC. The second-order valence-electron chi connectivity index (χ2n) is 25.4. The number of carboxylic acid groups (broad SMARTS) is 6. The number of carbonyl (C=O) groups is 13. The van der Waals surface area contributed by atoms with Crippen molar-refractivity contribution in [1.29, 1.82) is 0 Å². The summed E-state index contributed by atoms with van der Waals surface area (Å²) in [5.74, 6) is -20.8. The number of esters is 2. The molecule has 3 aliphatic rings.